The van der Waals surface area contributed by atoms with Crippen molar-refractivity contribution in [2.24, 2.45) is 0 Å². The van der Waals surface area contributed by atoms with Gasteiger partial charge in [-0.15, -0.1) is 0 Å². The Hall–Kier alpha value is -1.01. The molecule has 0 heterocycles. The van der Waals surface area contributed by atoms with Crippen molar-refractivity contribution in [1.29, 1.82) is 0 Å². The minimum absolute atomic E-state index is 0. The summed E-state index contributed by atoms with van der Waals surface area (Å²) in [4.78, 5) is 25.2. The molecule has 0 aromatic heterocycles. The van der Waals surface area contributed by atoms with Crippen molar-refractivity contribution in [3.05, 3.63) is 11.4 Å². The Morgan fingerprint density at radius 2 is 1.00 bits per heavy atom. The SMILES string of the molecule is [C-]#[N+]C.[C]=O.[C]=O.[C]=O.[Ni]. The molecule has 4 nitrogen and oxygen atoms in total. The molecule has 0 aromatic carbocycles. The molecular formula is C5H3NNiO3. The van der Waals surface area contributed by atoms with Gasteiger partial charge in [-0.3, -0.25) is 14.4 Å². The summed E-state index contributed by atoms with van der Waals surface area (Å²) in [5, 5.41) is 0. The van der Waals surface area contributed by atoms with E-state index in [1.807, 2.05) is 0 Å². The fraction of sp³-hybridized carbons (Fsp3) is 0.200. The topological polar surface area (TPSA) is 55.6 Å². The predicted molar refractivity (Wildman–Crippen MR) is 29.6 cm³/mol. The average molecular weight is 184 g/mol. The van der Waals surface area contributed by atoms with Crippen molar-refractivity contribution in [2.75, 3.05) is 7.05 Å². The Bertz CT molecular complexity index is 59.6. The molecule has 0 aliphatic heterocycles. The van der Waals surface area contributed by atoms with Crippen LogP contribution in [0.5, 0.6) is 0 Å². The minimum Gasteiger partial charge on any atom is -0.320 e. The van der Waals surface area contributed by atoms with Crippen LogP contribution in [0.2, 0.25) is 0 Å². The summed E-state index contributed by atoms with van der Waals surface area (Å²) >= 11 is 0. The van der Waals surface area contributed by atoms with Gasteiger partial charge in [-0.25, -0.2) is 6.57 Å². The first-order valence-corrected chi connectivity index (χ1v) is 1.28. The maximum absolute atomic E-state index is 7.50. The molecule has 0 bridgehead atoms. The molecule has 0 amide bonds. The normalized spacial score (nSPS) is 2.00. The average Bonchev–Trinajstić information content (AvgIpc) is 2.01. The largest absolute Gasteiger partial charge is 0.320 e. The van der Waals surface area contributed by atoms with Gasteiger partial charge in [-0.2, -0.15) is 0 Å². The molecule has 56 valence electrons. The fourth-order valence-electron chi connectivity index (χ4n) is 0. The standard InChI is InChI=1S/C2H3N.3CO.Ni/c1-3-2;3*1-2;/h1H3;;;;. The third-order valence-corrected chi connectivity index (χ3v) is 0. The summed E-state index contributed by atoms with van der Waals surface area (Å²) in [6, 6.07) is 0. The number of carbonyl (C=O) groups excluding carboxylic acids is 3. The van der Waals surface area contributed by atoms with Crippen LogP contribution >= 0.6 is 0 Å². The van der Waals surface area contributed by atoms with Crippen LogP contribution in [-0.4, -0.2) is 27.4 Å². The van der Waals surface area contributed by atoms with E-state index < -0.39 is 0 Å². The second-order valence-electron chi connectivity index (χ2n) is 0.224. The summed E-state index contributed by atoms with van der Waals surface area (Å²) in [6.07, 6.45) is 0. The van der Waals surface area contributed by atoms with E-state index >= 15 is 0 Å². The number of hydrogen-bond acceptors (Lipinski definition) is 3. The van der Waals surface area contributed by atoms with Crippen LogP contribution < -0.4 is 0 Å². The van der Waals surface area contributed by atoms with Gasteiger partial charge in [0.15, 0.2) is 0 Å². The first kappa shape index (κ1) is 36.0. The van der Waals surface area contributed by atoms with Crippen LogP contribution in [0.3, 0.4) is 0 Å². The zero-order valence-corrected chi connectivity index (χ0v) is 5.98. The van der Waals surface area contributed by atoms with E-state index in [9.17, 15) is 0 Å². The molecule has 0 aliphatic rings. The summed E-state index contributed by atoms with van der Waals surface area (Å²) in [6.45, 7) is 19.3. The zero-order chi connectivity index (χ0) is 8.71. The monoisotopic (exact) mass is 183 g/mol. The Morgan fingerprint density at radius 1 is 1.00 bits per heavy atom. The number of nitrogens with zero attached hydrogens (tertiary/aromatic N) is 1. The second kappa shape index (κ2) is 9270000. The Morgan fingerprint density at radius 3 is 1.00 bits per heavy atom. The third-order valence-electron chi connectivity index (χ3n) is 0. The van der Waals surface area contributed by atoms with Gasteiger partial charge in [0.05, 0.1) is 0 Å². The first-order chi connectivity index (χ1) is 4.41. The molecule has 10 heavy (non-hydrogen) atoms. The van der Waals surface area contributed by atoms with Crippen molar-refractivity contribution in [3.63, 3.8) is 0 Å². The van der Waals surface area contributed by atoms with E-state index in [2.05, 4.69) is 25.2 Å². The van der Waals surface area contributed by atoms with Crippen molar-refractivity contribution in [1.82, 2.24) is 0 Å². The van der Waals surface area contributed by atoms with E-state index in [4.69, 9.17) is 21.0 Å². The Balaban J connectivity index is -0.0000000110. The van der Waals surface area contributed by atoms with Gasteiger partial charge in [-0.05, 0) is 0 Å². The molecule has 0 N–H and O–H groups in total. The summed E-state index contributed by atoms with van der Waals surface area (Å²) in [5.74, 6) is 0. The molecule has 6 radical (unpaired) electrons. The Labute approximate surface area is 70.4 Å². The van der Waals surface area contributed by atoms with Gasteiger partial charge in [-0.1, -0.05) is 0 Å². The van der Waals surface area contributed by atoms with Crippen LogP contribution in [-0.2, 0) is 30.9 Å². The molecule has 0 aromatic rings. The van der Waals surface area contributed by atoms with Gasteiger partial charge in [0.25, 0.3) is 20.4 Å². The third kappa shape index (κ3) is 248. The molecule has 0 aliphatic carbocycles. The van der Waals surface area contributed by atoms with Gasteiger partial charge < -0.3 is 4.85 Å². The smallest absolute Gasteiger partial charge is 0.281 e. The van der Waals surface area contributed by atoms with Gasteiger partial charge in [0, 0.05) is 16.5 Å². The summed E-state index contributed by atoms with van der Waals surface area (Å²) < 4.78 is 0. The van der Waals surface area contributed by atoms with Crippen molar-refractivity contribution >= 4 is 20.4 Å². The van der Waals surface area contributed by atoms with E-state index in [1.165, 1.54) is 7.05 Å². The molecule has 0 rings (SSSR count). The Kier molecular flexibility index (Phi) is 33400000. The van der Waals surface area contributed by atoms with Gasteiger partial charge in [0.2, 0.25) is 7.05 Å². The molecule has 0 unspecified atom stereocenters. The molecule has 0 atom stereocenters. The fourth-order valence-corrected chi connectivity index (χ4v) is 0. The molecule has 0 fully saturated rings. The molecule has 0 spiro atoms. The van der Waals surface area contributed by atoms with Crippen molar-refractivity contribution in [2.45, 2.75) is 0 Å². The van der Waals surface area contributed by atoms with Crippen molar-refractivity contribution < 1.29 is 30.9 Å². The number of hydrogen-bond donors (Lipinski definition) is 0. The van der Waals surface area contributed by atoms with Gasteiger partial charge in [0.1, 0.15) is 0 Å². The van der Waals surface area contributed by atoms with Crippen LogP contribution in [0.15, 0.2) is 0 Å². The maximum atomic E-state index is 7.50. The predicted octanol–water partition coefficient (Wildman–Crippen LogP) is -0.658. The van der Waals surface area contributed by atoms with E-state index in [-0.39, 0.29) is 16.5 Å². The maximum Gasteiger partial charge on any atom is 0.281 e. The quantitative estimate of drug-likeness (QED) is 0.370. The second-order valence-corrected chi connectivity index (χ2v) is 0.224. The molecule has 0 saturated heterocycles. The van der Waals surface area contributed by atoms with Crippen LogP contribution in [0.1, 0.15) is 0 Å². The minimum atomic E-state index is 0. The van der Waals surface area contributed by atoms with Crippen LogP contribution in [0.25, 0.3) is 4.85 Å². The number of rotatable bonds is 0. The molecule has 5 heteroatoms. The van der Waals surface area contributed by atoms with Crippen LogP contribution in [0.4, 0.5) is 0 Å². The molecular weight excluding hydrogens is 181 g/mol. The van der Waals surface area contributed by atoms with E-state index in [0.29, 0.717) is 0 Å². The van der Waals surface area contributed by atoms with Gasteiger partial charge >= 0.3 is 0 Å². The van der Waals surface area contributed by atoms with E-state index in [0.717, 1.165) is 0 Å². The first-order valence-electron chi connectivity index (χ1n) is 1.28. The summed E-state index contributed by atoms with van der Waals surface area (Å²) in [7, 11) is 1.42. The zero-order valence-electron chi connectivity index (χ0n) is 4.99. The molecule has 0 saturated carbocycles. The van der Waals surface area contributed by atoms with Crippen molar-refractivity contribution in [3.8, 4) is 0 Å². The summed E-state index contributed by atoms with van der Waals surface area (Å²) in [5.41, 5.74) is 0. The van der Waals surface area contributed by atoms with E-state index in [1.54, 1.807) is 0 Å². The van der Waals surface area contributed by atoms with Crippen LogP contribution in [0, 0.1) is 6.57 Å².